The minimum Gasteiger partial charge on any atom is -0.370 e. The fraction of sp³-hybridized carbons (Fsp3) is 0.520. The number of nitrogens with zero attached hydrogens (tertiary/aromatic N) is 4. The second-order valence-electron chi connectivity index (χ2n) is 9.72. The summed E-state index contributed by atoms with van der Waals surface area (Å²) in [5.41, 5.74) is 1.79. The van der Waals surface area contributed by atoms with Crippen LogP contribution < -0.4 is 15.5 Å². The summed E-state index contributed by atoms with van der Waals surface area (Å²) >= 11 is 0. The van der Waals surface area contributed by atoms with Gasteiger partial charge in [0.25, 0.3) is 0 Å². The molecule has 1 aromatic carbocycles. The third-order valence-corrected chi connectivity index (χ3v) is 7.37. The molecule has 2 aromatic rings. The molecule has 2 saturated carbocycles. The van der Waals surface area contributed by atoms with E-state index in [9.17, 15) is 9.59 Å². The lowest BCUT2D eigenvalue weighted by Gasteiger charge is -2.50. The molecule has 0 bridgehead atoms. The van der Waals surface area contributed by atoms with Gasteiger partial charge in [-0.05, 0) is 58.2 Å². The molecule has 1 heterocycles. The zero-order valence-corrected chi connectivity index (χ0v) is 19.8. The van der Waals surface area contributed by atoms with Crippen LogP contribution in [0.1, 0.15) is 44.1 Å². The van der Waals surface area contributed by atoms with Crippen molar-refractivity contribution < 1.29 is 9.59 Å². The van der Waals surface area contributed by atoms with Crippen LogP contribution in [0.3, 0.4) is 0 Å². The van der Waals surface area contributed by atoms with Gasteiger partial charge in [-0.1, -0.05) is 30.3 Å². The van der Waals surface area contributed by atoms with Crippen LogP contribution in [0.4, 0.5) is 11.6 Å². The largest absolute Gasteiger partial charge is 0.370 e. The first kappa shape index (κ1) is 23.2. The Morgan fingerprint density at radius 3 is 2.24 bits per heavy atom. The Hall–Kier alpha value is -3.00. The Morgan fingerprint density at radius 2 is 1.70 bits per heavy atom. The van der Waals surface area contributed by atoms with Crippen molar-refractivity contribution in [3.05, 3.63) is 48.3 Å². The Labute approximate surface area is 195 Å². The third-order valence-electron chi connectivity index (χ3n) is 7.37. The molecule has 33 heavy (non-hydrogen) atoms. The zero-order valence-electron chi connectivity index (χ0n) is 19.8. The quantitative estimate of drug-likeness (QED) is 0.571. The molecule has 2 fully saturated rings. The molecule has 1 aromatic heterocycles. The molecule has 2 aliphatic carbocycles. The highest BCUT2D eigenvalue weighted by molar-refractivity contribution is 5.92. The van der Waals surface area contributed by atoms with Crippen LogP contribution in [0.15, 0.2) is 42.7 Å². The summed E-state index contributed by atoms with van der Waals surface area (Å²) in [6.07, 6.45) is 9.77. The van der Waals surface area contributed by atoms with Crippen molar-refractivity contribution >= 4 is 24.0 Å². The third kappa shape index (κ3) is 5.00. The highest BCUT2D eigenvalue weighted by atomic mass is 16.2. The van der Waals surface area contributed by atoms with Crippen molar-refractivity contribution in [2.24, 2.45) is 5.92 Å². The van der Waals surface area contributed by atoms with E-state index >= 15 is 0 Å². The molecule has 4 rings (SSSR count). The number of anilines is 2. The lowest BCUT2D eigenvalue weighted by Crippen LogP contribution is -2.58. The molecule has 2 N–H and O–H groups in total. The zero-order chi connectivity index (χ0) is 23.5. The Bertz CT molecular complexity index is 951. The lowest BCUT2D eigenvalue weighted by molar-refractivity contribution is -0.117. The maximum absolute atomic E-state index is 11.9. The van der Waals surface area contributed by atoms with E-state index < -0.39 is 0 Å². The van der Waals surface area contributed by atoms with Crippen LogP contribution in [-0.4, -0.2) is 60.4 Å². The van der Waals surface area contributed by atoms with Gasteiger partial charge in [-0.3, -0.25) is 19.8 Å². The average molecular weight is 451 g/mol. The first-order valence-corrected chi connectivity index (χ1v) is 11.7. The van der Waals surface area contributed by atoms with Crippen LogP contribution in [0.2, 0.25) is 0 Å². The molecule has 0 unspecified atom stereocenters. The second kappa shape index (κ2) is 9.47. The molecule has 8 heteroatoms. The average Bonchev–Trinajstić information content (AvgIpc) is 3.66. The molecule has 0 aliphatic heterocycles. The lowest BCUT2D eigenvalue weighted by atomic mass is 9.68. The van der Waals surface area contributed by atoms with Gasteiger partial charge >= 0.3 is 0 Å². The van der Waals surface area contributed by atoms with Crippen LogP contribution in [-0.2, 0) is 15.1 Å². The smallest absolute Gasteiger partial charge is 0.229 e. The first-order chi connectivity index (χ1) is 15.9. The maximum atomic E-state index is 11.9. The van der Waals surface area contributed by atoms with Gasteiger partial charge in [0.05, 0.1) is 23.6 Å². The Balaban J connectivity index is 1.45. The number of hydrogen-bond acceptors (Lipinski definition) is 6. The van der Waals surface area contributed by atoms with E-state index in [0.29, 0.717) is 12.5 Å². The number of likely N-dealkylation sites (N-methyl/N-ethyl adjacent to an activating group) is 1. The van der Waals surface area contributed by atoms with Crippen LogP contribution in [0.5, 0.6) is 0 Å². The highest BCUT2D eigenvalue weighted by Crippen LogP contribution is 2.44. The van der Waals surface area contributed by atoms with Crippen molar-refractivity contribution in [2.75, 3.05) is 37.9 Å². The summed E-state index contributed by atoms with van der Waals surface area (Å²) in [6, 6.07) is 10.6. The van der Waals surface area contributed by atoms with E-state index in [4.69, 9.17) is 0 Å². The minimum atomic E-state index is -0.330. The fourth-order valence-corrected chi connectivity index (χ4v) is 5.04. The van der Waals surface area contributed by atoms with Gasteiger partial charge in [-0.15, -0.1) is 0 Å². The van der Waals surface area contributed by atoms with Gasteiger partial charge in [-0.25, -0.2) is 9.97 Å². The number of nitrogens with one attached hydrogen (secondary N) is 2. The normalized spacial score (nSPS) is 24.8. The number of amides is 2. The van der Waals surface area contributed by atoms with Crippen molar-refractivity contribution in [3.8, 4) is 0 Å². The summed E-state index contributed by atoms with van der Waals surface area (Å²) in [5.74, 6) is 0.443. The monoisotopic (exact) mass is 450 g/mol. The number of rotatable bonds is 9. The summed E-state index contributed by atoms with van der Waals surface area (Å²) in [4.78, 5) is 36.5. The SMILES string of the molecule is CN(CC1(NC=O)CCC(c2ccccc2)(N(C)C)CC1)c1cnc(NC(=O)C2CC2)nc1. The van der Waals surface area contributed by atoms with E-state index in [1.165, 1.54) is 5.56 Å². The number of aromatic nitrogens is 2. The number of benzene rings is 1. The van der Waals surface area contributed by atoms with Gasteiger partial charge in [-0.2, -0.15) is 0 Å². The van der Waals surface area contributed by atoms with Crippen molar-refractivity contribution in [1.82, 2.24) is 20.2 Å². The maximum Gasteiger partial charge on any atom is 0.229 e. The molecule has 0 spiro atoms. The molecule has 2 aliphatic rings. The second-order valence-corrected chi connectivity index (χ2v) is 9.72. The van der Waals surface area contributed by atoms with E-state index in [-0.39, 0.29) is 22.9 Å². The van der Waals surface area contributed by atoms with Crippen molar-refractivity contribution in [3.63, 3.8) is 0 Å². The summed E-state index contributed by atoms with van der Waals surface area (Å²) in [7, 11) is 6.26. The van der Waals surface area contributed by atoms with Gasteiger partial charge in [0.1, 0.15) is 0 Å². The van der Waals surface area contributed by atoms with Gasteiger partial charge in [0.15, 0.2) is 0 Å². The van der Waals surface area contributed by atoms with Crippen molar-refractivity contribution in [2.45, 2.75) is 49.6 Å². The number of hydrogen-bond donors (Lipinski definition) is 2. The van der Waals surface area contributed by atoms with Gasteiger partial charge < -0.3 is 10.2 Å². The predicted octanol–water partition coefficient (Wildman–Crippen LogP) is 2.78. The first-order valence-electron chi connectivity index (χ1n) is 11.7. The van der Waals surface area contributed by atoms with Crippen molar-refractivity contribution in [1.29, 1.82) is 0 Å². The Morgan fingerprint density at radius 1 is 1.06 bits per heavy atom. The summed E-state index contributed by atoms with van der Waals surface area (Å²) in [5, 5.41) is 5.92. The molecule has 176 valence electrons. The number of carbonyl (C=O) groups is 2. The molecular weight excluding hydrogens is 416 g/mol. The minimum absolute atomic E-state index is 0.00441. The molecule has 0 radical (unpaired) electrons. The fourth-order valence-electron chi connectivity index (χ4n) is 5.04. The molecule has 0 atom stereocenters. The van der Waals surface area contributed by atoms with E-state index in [1.807, 2.05) is 13.1 Å². The highest BCUT2D eigenvalue weighted by Gasteiger charge is 2.45. The van der Waals surface area contributed by atoms with Crippen LogP contribution >= 0.6 is 0 Å². The molecule has 0 saturated heterocycles. The van der Waals surface area contributed by atoms with E-state index in [2.05, 4.69) is 68.8 Å². The molecule has 8 nitrogen and oxygen atoms in total. The summed E-state index contributed by atoms with van der Waals surface area (Å²) in [6.45, 7) is 0.654. The molecule has 2 amide bonds. The van der Waals surface area contributed by atoms with Crippen LogP contribution in [0.25, 0.3) is 0 Å². The standard InChI is InChI=1S/C25H34N6O2/c1-30(2)25(20-7-5-4-6-8-20)13-11-24(12-14-25,28-18-32)17-31(3)21-15-26-23(27-16-21)29-22(33)19-9-10-19/h4-8,15-16,18-19H,9-14,17H2,1-3H3,(H,28,32)(H,26,27,29,33). The predicted molar refractivity (Wildman–Crippen MR) is 129 cm³/mol. The van der Waals surface area contributed by atoms with Gasteiger partial charge in [0, 0.05) is 25.0 Å². The van der Waals surface area contributed by atoms with Crippen LogP contribution in [0, 0.1) is 5.92 Å². The number of carbonyl (C=O) groups excluding carboxylic acids is 2. The topological polar surface area (TPSA) is 90.5 Å². The molecular formula is C25H34N6O2. The Kier molecular flexibility index (Phi) is 6.65. The van der Waals surface area contributed by atoms with E-state index in [1.54, 1.807) is 12.4 Å². The summed E-state index contributed by atoms with van der Waals surface area (Å²) < 4.78 is 0. The van der Waals surface area contributed by atoms with E-state index in [0.717, 1.165) is 50.6 Å². The van der Waals surface area contributed by atoms with Gasteiger partial charge in [0.2, 0.25) is 18.3 Å².